The first-order chi connectivity index (χ1) is 18.0. The number of amides is 1. The standard InChI is InChI=1S/C29H30N6O2/c1-4-7-21(5-2)32-35-26-15-16-27(28-24(26)8-6-17-30-28)31-29(37)20-9-11-22(12-10-20)33-34-25-14-13-23(36)18-19(25)3/h4-18,32-36H,1-3H3,(H,31,37)/b7-4-,21-5+. The van der Waals surface area contributed by atoms with Crippen molar-refractivity contribution in [2.45, 2.75) is 20.8 Å². The van der Waals surface area contributed by atoms with E-state index in [1.807, 2.05) is 75.4 Å². The number of nitrogens with zero attached hydrogens (tertiary/aromatic N) is 1. The van der Waals surface area contributed by atoms with E-state index in [1.165, 1.54) is 0 Å². The van der Waals surface area contributed by atoms with Crippen molar-refractivity contribution in [1.82, 2.24) is 10.4 Å². The Morgan fingerprint density at radius 2 is 1.65 bits per heavy atom. The molecule has 0 unspecified atom stereocenters. The van der Waals surface area contributed by atoms with Gasteiger partial charge in [-0.05, 0) is 99.1 Å². The molecule has 6 N–H and O–H groups in total. The van der Waals surface area contributed by atoms with Crippen LogP contribution in [0.25, 0.3) is 10.9 Å². The number of aromatic nitrogens is 1. The monoisotopic (exact) mass is 494 g/mol. The molecule has 0 saturated heterocycles. The summed E-state index contributed by atoms with van der Waals surface area (Å²) in [6, 6.07) is 19.8. The number of carbonyl (C=O) groups is 1. The Labute approximate surface area is 216 Å². The fourth-order valence-corrected chi connectivity index (χ4v) is 3.74. The number of rotatable bonds is 9. The van der Waals surface area contributed by atoms with E-state index in [2.05, 4.69) is 32.0 Å². The van der Waals surface area contributed by atoms with Gasteiger partial charge in [-0.2, -0.15) is 0 Å². The highest BCUT2D eigenvalue weighted by molar-refractivity contribution is 6.10. The van der Waals surface area contributed by atoms with Gasteiger partial charge in [0.15, 0.2) is 0 Å². The molecule has 1 aromatic heterocycles. The van der Waals surface area contributed by atoms with Crippen LogP contribution >= 0.6 is 0 Å². The minimum absolute atomic E-state index is 0.219. The molecular formula is C29H30N6O2. The van der Waals surface area contributed by atoms with Gasteiger partial charge in [0, 0.05) is 22.8 Å². The quantitative estimate of drug-likeness (QED) is 0.0915. The summed E-state index contributed by atoms with van der Waals surface area (Å²) in [7, 11) is 0. The molecule has 0 aliphatic rings. The fourth-order valence-electron chi connectivity index (χ4n) is 3.74. The van der Waals surface area contributed by atoms with Crippen LogP contribution in [0.15, 0.2) is 96.9 Å². The van der Waals surface area contributed by atoms with Gasteiger partial charge in [-0.25, -0.2) is 0 Å². The third kappa shape index (κ3) is 6.18. The summed E-state index contributed by atoms with van der Waals surface area (Å²) >= 11 is 0. The molecule has 0 aliphatic heterocycles. The summed E-state index contributed by atoms with van der Waals surface area (Å²) in [5, 5.41) is 13.4. The summed E-state index contributed by atoms with van der Waals surface area (Å²) in [6.07, 6.45) is 7.59. The van der Waals surface area contributed by atoms with Crippen molar-refractivity contribution in [2.24, 2.45) is 0 Å². The van der Waals surface area contributed by atoms with Crippen LogP contribution in [0.1, 0.15) is 29.8 Å². The Morgan fingerprint density at radius 3 is 2.38 bits per heavy atom. The summed E-state index contributed by atoms with van der Waals surface area (Å²) < 4.78 is 0. The number of fused-ring (bicyclic) bond motifs is 1. The number of hydrazine groups is 2. The number of aromatic hydroxyl groups is 1. The highest BCUT2D eigenvalue weighted by atomic mass is 16.3. The molecule has 37 heavy (non-hydrogen) atoms. The van der Waals surface area contributed by atoms with E-state index < -0.39 is 0 Å². The van der Waals surface area contributed by atoms with E-state index in [0.29, 0.717) is 16.8 Å². The lowest BCUT2D eigenvalue weighted by molar-refractivity contribution is 0.102. The number of allylic oxidation sites excluding steroid dienone is 3. The van der Waals surface area contributed by atoms with E-state index in [9.17, 15) is 9.90 Å². The van der Waals surface area contributed by atoms with Crippen LogP contribution in [-0.2, 0) is 0 Å². The van der Waals surface area contributed by atoms with Crippen molar-refractivity contribution in [3.63, 3.8) is 0 Å². The molecule has 0 radical (unpaired) electrons. The molecule has 3 aromatic carbocycles. The maximum atomic E-state index is 13.0. The third-order valence-electron chi connectivity index (χ3n) is 5.72. The van der Waals surface area contributed by atoms with Crippen molar-refractivity contribution in [3.8, 4) is 5.75 Å². The third-order valence-corrected chi connectivity index (χ3v) is 5.72. The van der Waals surface area contributed by atoms with Crippen molar-refractivity contribution >= 4 is 39.6 Å². The minimum Gasteiger partial charge on any atom is -0.508 e. The number of hydrogen-bond donors (Lipinski definition) is 6. The molecule has 0 bridgehead atoms. The first kappa shape index (κ1) is 25.1. The number of nitrogens with one attached hydrogen (secondary N) is 5. The maximum absolute atomic E-state index is 13.0. The summed E-state index contributed by atoms with van der Waals surface area (Å²) in [5.41, 5.74) is 18.8. The molecular weight excluding hydrogens is 464 g/mol. The molecule has 0 saturated carbocycles. The van der Waals surface area contributed by atoms with Gasteiger partial charge in [-0.1, -0.05) is 12.2 Å². The van der Waals surface area contributed by atoms with Crippen LogP contribution in [0, 0.1) is 6.92 Å². The number of phenols is 1. The second-order valence-corrected chi connectivity index (χ2v) is 8.33. The number of phenolic OH excluding ortho intramolecular Hbond substituents is 1. The number of benzene rings is 3. The van der Waals surface area contributed by atoms with Crippen LogP contribution in [0.5, 0.6) is 5.75 Å². The van der Waals surface area contributed by atoms with Crippen molar-refractivity contribution < 1.29 is 9.90 Å². The molecule has 4 aromatic rings. The lowest BCUT2D eigenvalue weighted by Crippen LogP contribution is -2.20. The Hall–Kier alpha value is -4.98. The van der Waals surface area contributed by atoms with Gasteiger partial charge in [-0.3, -0.25) is 9.78 Å². The second kappa shape index (κ2) is 11.6. The van der Waals surface area contributed by atoms with Crippen LogP contribution in [0.2, 0.25) is 0 Å². The smallest absolute Gasteiger partial charge is 0.255 e. The summed E-state index contributed by atoms with van der Waals surface area (Å²) in [4.78, 5) is 17.5. The molecule has 4 rings (SSSR count). The topological polar surface area (TPSA) is 110 Å². The number of anilines is 4. The van der Waals surface area contributed by atoms with Gasteiger partial charge >= 0.3 is 0 Å². The molecule has 0 aliphatic carbocycles. The molecule has 8 nitrogen and oxygen atoms in total. The van der Waals surface area contributed by atoms with Crippen molar-refractivity contribution in [2.75, 3.05) is 21.6 Å². The highest BCUT2D eigenvalue weighted by Crippen LogP contribution is 2.28. The van der Waals surface area contributed by atoms with E-state index >= 15 is 0 Å². The molecule has 1 heterocycles. The van der Waals surface area contributed by atoms with Crippen LogP contribution in [-0.4, -0.2) is 16.0 Å². The average Bonchev–Trinajstić information content (AvgIpc) is 2.91. The second-order valence-electron chi connectivity index (χ2n) is 8.33. The van der Waals surface area contributed by atoms with Gasteiger partial charge in [0.2, 0.25) is 0 Å². The number of carbonyl (C=O) groups excluding carboxylic acids is 1. The van der Waals surface area contributed by atoms with Gasteiger partial charge in [0.25, 0.3) is 5.91 Å². The van der Waals surface area contributed by atoms with Crippen LogP contribution < -0.4 is 27.0 Å². The average molecular weight is 495 g/mol. The normalized spacial score (nSPS) is 11.4. The van der Waals surface area contributed by atoms with Gasteiger partial charge in [0.05, 0.1) is 28.3 Å². The number of pyridine rings is 1. The fraction of sp³-hybridized carbons (Fsp3) is 0.103. The number of hydrogen-bond acceptors (Lipinski definition) is 7. The van der Waals surface area contributed by atoms with E-state index in [1.54, 1.807) is 36.5 Å². The van der Waals surface area contributed by atoms with Gasteiger partial charge in [-0.15, -0.1) is 0 Å². The van der Waals surface area contributed by atoms with E-state index in [-0.39, 0.29) is 11.7 Å². The predicted molar refractivity (Wildman–Crippen MR) is 152 cm³/mol. The Balaban J connectivity index is 1.45. The summed E-state index contributed by atoms with van der Waals surface area (Å²) in [6.45, 7) is 5.82. The zero-order chi connectivity index (χ0) is 26.2. The molecule has 0 fully saturated rings. The van der Waals surface area contributed by atoms with Gasteiger partial charge in [0.1, 0.15) is 5.75 Å². The van der Waals surface area contributed by atoms with Crippen LogP contribution in [0.3, 0.4) is 0 Å². The van der Waals surface area contributed by atoms with Crippen molar-refractivity contribution in [1.29, 1.82) is 0 Å². The van der Waals surface area contributed by atoms with E-state index in [4.69, 9.17) is 0 Å². The Bertz CT molecular complexity index is 1460. The number of aryl methyl sites for hydroxylation is 1. The van der Waals surface area contributed by atoms with E-state index in [0.717, 1.165) is 33.7 Å². The predicted octanol–water partition coefficient (Wildman–Crippen LogP) is 6.34. The van der Waals surface area contributed by atoms with Crippen molar-refractivity contribution in [3.05, 3.63) is 108 Å². The Kier molecular flexibility index (Phi) is 7.90. The largest absolute Gasteiger partial charge is 0.508 e. The first-order valence-electron chi connectivity index (χ1n) is 11.9. The lowest BCUT2D eigenvalue weighted by atomic mass is 10.1. The molecule has 0 atom stereocenters. The van der Waals surface area contributed by atoms with Crippen LogP contribution in [0.4, 0.5) is 22.7 Å². The molecule has 188 valence electrons. The minimum atomic E-state index is -0.232. The zero-order valence-electron chi connectivity index (χ0n) is 21.0. The Morgan fingerprint density at radius 1 is 0.892 bits per heavy atom. The SMILES string of the molecule is C/C=C\C(=C/C)NNc1ccc(NC(=O)c2ccc(NNc3ccc(O)cc3C)cc2)c2ncccc12. The lowest BCUT2D eigenvalue weighted by Gasteiger charge is -2.15. The molecule has 8 heteroatoms. The maximum Gasteiger partial charge on any atom is 0.255 e. The zero-order valence-corrected chi connectivity index (χ0v) is 21.0. The van der Waals surface area contributed by atoms with Gasteiger partial charge < -0.3 is 32.1 Å². The summed E-state index contributed by atoms with van der Waals surface area (Å²) in [5.74, 6) is -0.0138. The first-order valence-corrected chi connectivity index (χ1v) is 11.9. The highest BCUT2D eigenvalue weighted by Gasteiger charge is 2.12. The molecule has 1 amide bonds. The molecule has 0 spiro atoms.